The van der Waals surface area contributed by atoms with Crippen molar-refractivity contribution in [1.82, 2.24) is 0 Å². The molecule has 0 aliphatic carbocycles. The van der Waals surface area contributed by atoms with E-state index in [1.165, 1.54) is 4.90 Å². The zero-order chi connectivity index (χ0) is 13.0. The zero-order valence-corrected chi connectivity index (χ0v) is 11.4. The van der Waals surface area contributed by atoms with E-state index in [0.717, 1.165) is 10.3 Å². The van der Waals surface area contributed by atoms with Crippen molar-refractivity contribution >= 4 is 35.3 Å². The van der Waals surface area contributed by atoms with Gasteiger partial charge in [-0.2, -0.15) is 4.74 Å². The summed E-state index contributed by atoms with van der Waals surface area (Å²) in [5.41, 5.74) is 1.44. The predicted octanol–water partition coefficient (Wildman–Crippen LogP) is 4.32. The summed E-state index contributed by atoms with van der Waals surface area (Å²) in [4.78, 5) is 1.18. The lowest BCUT2D eigenvalue weighted by Crippen LogP contribution is -1.98. The molecule has 2 rings (SSSR count). The van der Waals surface area contributed by atoms with Gasteiger partial charge in [0.25, 0.3) is 0 Å². The maximum absolute atomic E-state index is 11.9. The van der Waals surface area contributed by atoms with E-state index in [4.69, 9.17) is 11.6 Å². The summed E-state index contributed by atoms with van der Waals surface area (Å²) in [6.07, 6.45) is 3.57. The van der Waals surface area contributed by atoms with Crippen molar-refractivity contribution in [1.29, 1.82) is 0 Å². The number of rotatable bonds is 3. The monoisotopic (exact) mass is 277 g/mol. The van der Waals surface area contributed by atoms with Crippen LogP contribution in [0.15, 0.2) is 53.4 Å². The second kappa shape index (κ2) is 5.94. The highest BCUT2D eigenvalue weighted by Crippen LogP contribution is 2.17. The summed E-state index contributed by atoms with van der Waals surface area (Å²) in [6.45, 7) is 0. The van der Waals surface area contributed by atoms with Crippen LogP contribution in [-0.4, -0.2) is 17.2 Å². The molecule has 92 valence electrons. The lowest BCUT2D eigenvalue weighted by Gasteiger charge is -2.03. The standard InChI is InChI=1S/C14H12ClNOS/c1-18-14-8-2-11(3-9-14)10-16(17)13-6-4-12(15)5-7-13/h2-10H,1H3/b16-10+. The van der Waals surface area contributed by atoms with Gasteiger partial charge in [0.2, 0.25) is 5.69 Å². The molecular weight excluding hydrogens is 266 g/mol. The normalized spacial score (nSPS) is 11.6. The van der Waals surface area contributed by atoms with E-state index >= 15 is 0 Å². The van der Waals surface area contributed by atoms with Gasteiger partial charge in [0.1, 0.15) is 0 Å². The maximum Gasteiger partial charge on any atom is 0.216 e. The molecule has 4 heteroatoms. The lowest BCUT2D eigenvalue weighted by molar-refractivity contribution is -0.354. The zero-order valence-electron chi connectivity index (χ0n) is 9.84. The van der Waals surface area contributed by atoms with Crippen LogP contribution in [0.3, 0.4) is 0 Å². The molecule has 0 atom stereocenters. The van der Waals surface area contributed by atoms with E-state index < -0.39 is 0 Å². The third-order valence-electron chi connectivity index (χ3n) is 2.46. The average Bonchev–Trinajstić information content (AvgIpc) is 2.40. The van der Waals surface area contributed by atoms with E-state index in [1.54, 1.807) is 42.2 Å². The van der Waals surface area contributed by atoms with Crippen molar-refractivity contribution in [2.45, 2.75) is 4.90 Å². The quantitative estimate of drug-likeness (QED) is 0.274. The molecule has 0 unspecified atom stereocenters. The van der Waals surface area contributed by atoms with Crippen LogP contribution in [0, 0.1) is 5.21 Å². The first-order valence-electron chi connectivity index (χ1n) is 5.40. The molecule has 0 N–H and O–H groups in total. The van der Waals surface area contributed by atoms with Crippen LogP contribution < -0.4 is 0 Å². The Bertz CT molecular complexity index is 549. The topological polar surface area (TPSA) is 26.1 Å². The number of nitrogens with zero attached hydrogens (tertiary/aromatic N) is 1. The highest BCUT2D eigenvalue weighted by atomic mass is 35.5. The fraction of sp³-hybridized carbons (Fsp3) is 0.0714. The first kappa shape index (κ1) is 13.0. The van der Waals surface area contributed by atoms with Gasteiger partial charge in [0.15, 0.2) is 6.21 Å². The van der Waals surface area contributed by atoms with Gasteiger partial charge in [-0.1, -0.05) is 11.6 Å². The number of hydrogen-bond acceptors (Lipinski definition) is 2. The molecule has 2 aromatic carbocycles. The molecule has 0 spiro atoms. The third-order valence-corrected chi connectivity index (χ3v) is 3.46. The van der Waals surface area contributed by atoms with Gasteiger partial charge in [-0.3, -0.25) is 0 Å². The summed E-state index contributed by atoms with van der Waals surface area (Å²) in [7, 11) is 0. The minimum absolute atomic E-state index is 0.563. The highest BCUT2D eigenvalue weighted by Gasteiger charge is 2.01. The summed E-state index contributed by atoms with van der Waals surface area (Å²) in [6, 6.07) is 14.6. The molecule has 2 nitrogen and oxygen atoms in total. The Morgan fingerprint density at radius 1 is 1.06 bits per heavy atom. The largest absolute Gasteiger partial charge is 0.618 e. The fourth-order valence-corrected chi connectivity index (χ4v) is 2.02. The maximum atomic E-state index is 11.9. The summed E-state index contributed by atoms with van der Waals surface area (Å²) in [5.74, 6) is 0. The Kier molecular flexibility index (Phi) is 4.28. The SMILES string of the molecule is CSc1ccc(/C=[N+](/[O-])c2ccc(Cl)cc2)cc1. The first-order chi connectivity index (χ1) is 8.69. The second-order valence-electron chi connectivity index (χ2n) is 3.70. The lowest BCUT2D eigenvalue weighted by atomic mass is 10.2. The van der Waals surface area contributed by atoms with Crippen LogP contribution in [0.1, 0.15) is 5.56 Å². The third kappa shape index (κ3) is 3.28. The van der Waals surface area contributed by atoms with Crippen molar-refractivity contribution < 1.29 is 4.74 Å². The molecule has 0 heterocycles. The Morgan fingerprint density at radius 2 is 1.67 bits per heavy atom. The molecule has 18 heavy (non-hydrogen) atoms. The van der Waals surface area contributed by atoms with Crippen LogP contribution in [0.4, 0.5) is 5.69 Å². The Labute approximate surface area is 115 Å². The number of hydrogen-bond donors (Lipinski definition) is 0. The number of benzene rings is 2. The molecule has 2 aromatic rings. The number of thioether (sulfide) groups is 1. The summed E-state index contributed by atoms with van der Waals surface area (Å²) >= 11 is 7.45. The van der Waals surface area contributed by atoms with E-state index in [2.05, 4.69) is 0 Å². The summed E-state index contributed by atoms with van der Waals surface area (Å²) in [5, 5.41) is 12.5. The molecule has 0 fully saturated rings. The van der Waals surface area contributed by atoms with E-state index in [-0.39, 0.29) is 0 Å². The van der Waals surface area contributed by atoms with Crippen LogP contribution in [-0.2, 0) is 0 Å². The van der Waals surface area contributed by atoms with Crippen LogP contribution in [0.25, 0.3) is 0 Å². The highest BCUT2D eigenvalue weighted by molar-refractivity contribution is 7.98. The van der Waals surface area contributed by atoms with Gasteiger partial charge in [-0.25, -0.2) is 0 Å². The van der Waals surface area contributed by atoms with E-state index in [0.29, 0.717) is 10.7 Å². The molecular formula is C14H12ClNOS. The number of halogens is 1. The fourth-order valence-electron chi connectivity index (χ4n) is 1.49. The van der Waals surface area contributed by atoms with Crippen LogP contribution in [0.5, 0.6) is 0 Å². The molecule has 0 aromatic heterocycles. The van der Waals surface area contributed by atoms with Gasteiger partial charge < -0.3 is 5.21 Å². The Balaban J connectivity index is 2.23. The smallest absolute Gasteiger partial charge is 0.216 e. The molecule has 0 radical (unpaired) electrons. The van der Waals surface area contributed by atoms with Crippen molar-refractivity contribution in [3.05, 3.63) is 64.3 Å². The molecule has 0 amide bonds. The van der Waals surface area contributed by atoms with Crippen molar-refractivity contribution in [2.24, 2.45) is 0 Å². The average molecular weight is 278 g/mol. The predicted molar refractivity (Wildman–Crippen MR) is 78.1 cm³/mol. The van der Waals surface area contributed by atoms with Crippen molar-refractivity contribution in [3.63, 3.8) is 0 Å². The minimum atomic E-state index is 0.563. The van der Waals surface area contributed by atoms with Crippen molar-refractivity contribution in [3.8, 4) is 0 Å². The first-order valence-corrected chi connectivity index (χ1v) is 7.00. The van der Waals surface area contributed by atoms with Crippen molar-refractivity contribution in [2.75, 3.05) is 6.26 Å². The van der Waals surface area contributed by atoms with Gasteiger partial charge in [0.05, 0.1) is 0 Å². The van der Waals surface area contributed by atoms with Gasteiger partial charge >= 0.3 is 0 Å². The molecule has 0 aliphatic rings. The minimum Gasteiger partial charge on any atom is -0.618 e. The van der Waals surface area contributed by atoms with E-state index in [1.807, 2.05) is 30.5 Å². The van der Waals surface area contributed by atoms with Crippen LogP contribution in [0.2, 0.25) is 5.02 Å². The molecule has 0 saturated heterocycles. The van der Waals surface area contributed by atoms with Crippen LogP contribution >= 0.6 is 23.4 Å². The Hall–Kier alpha value is -1.45. The van der Waals surface area contributed by atoms with Gasteiger partial charge in [-0.05, 0) is 42.7 Å². The molecule has 0 aliphatic heterocycles. The summed E-state index contributed by atoms with van der Waals surface area (Å²) < 4.78 is 0.838. The molecule has 0 saturated carbocycles. The molecule has 0 bridgehead atoms. The van der Waals surface area contributed by atoms with Gasteiger partial charge in [0, 0.05) is 27.6 Å². The second-order valence-corrected chi connectivity index (χ2v) is 5.02. The Morgan fingerprint density at radius 3 is 2.22 bits per heavy atom. The van der Waals surface area contributed by atoms with E-state index in [9.17, 15) is 5.21 Å². The van der Waals surface area contributed by atoms with Gasteiger partial charge in [-0.15, -0.1) is 11.8 Å².